The molecule has 0 radical (unpaired) electrons. The number of hydrogen-bond donors (Lipinski definition) is 1. The second kappa shape index (κ2) is 8.97. The van der Waals surface area contributed by atoms with Gasteiger partial charge in [0.05, 0.1) is 4.90 Å². The molecule has 1 N–H and O–H groups in total. The monoisotopic (exact) mass is 430 g/mol. The van der Waals surface area contributed by atoms with Gasteiger partial charge in [0.15, 0.2) is 0 Å². The molecule has 2 aromatic carbocycles. The Hall–Kier alpha value is -2.71. The van der Waals surface area contributed by atoms with Crippen molar-refractivity contribution in [2.75, 3.05) is 13.1 Å². The highest BCUT2D eigenvalue weighted by Gasteiger charge is 2.28. The number of rotatable bonds is 5. The van der Waals surface area contributed by atoms with E-state index in [1.54, 1.807) is 48.2 Å². The number of nitrogens with zero attached hydrogens (tertiary/aromatic N) is 1. The number of aryl methyl sites for hydroxylation is 2. The molecule has 0 unspecified atom stereocenters. The highest BCUT2D eigenvalue weighted by atomic mass is 32.2. The van der Waals surface area contributed by atoms with Gasteiger partial charge in [-0.15, -0.1) is 0 Å². The number of esters is 1. The summed E-state index contributed by atoms with van der Waals surface area (Å²) in [5.41, 5.74) is 2.02. The maximum atomic E-state index is 12.8. The zero-order valence-corrected chi connectivity index (χ0v) is 18.2. The molecule has 0 aromatic heterocycles. The predicted molar refractivity (Wildman–Crippen MR) is 113 cm³/mol. The number of carbonyl (C=O) groups excluding carboxylic acids is 2. The molecule has 1 saturated heterocycles. The minimum Gasteiger partial charge on any atom is -0.427 e. The van der Waals surface area contributed by atoms with Gasteiger partial charge < -0.3 is 9.64 Å². The van der Waals surface area contributed by atoms with Crippen molar-refractivity contribution in [2.45, 2.75) is 44.6 Å². The normalized spacial score (nSPS) is 15.1. The molecule has 0 bridgehead atoms. The van der Waals surface area contributed by atoms with Gasteiger partial charge in [-0.25, -0.2) is 13.1 Å². The second-order valence-electron chi connectivity index (χ2n) is 7.58. The third-order valence-electron chi connectivity index (χ3n) is 5.08. The topological polar surface area (TPSA) is 92.8 Å². The number of likely N-dealkylation sites (tertiary alicyclic amines) is 1. The predicted octanol–water partition coefficient (Wildman–Crippen LogP) is 2.81. The molecule has 1 aliphatic heterocycles. The average molecular weight is 431 g/mol. The van der Waals surface area contributed by atoms with Gasteiger partial charge in [0.1, 0.15) is 5.75 Å². The van der Waals surface area contributed by atoms with E-state index in [1.165, 1.54) is 6.92 Å². The highest BCUT2D eigenvalue weighted by molar-refractivity contribution is 7.89. The third kappa shape index (κ3) is 5.25. The number of piperidine rings is 1. The molecule has 160 valence electrons. The summed E-state index contributed by atoms with van der Waals surface area (Å²) in [6, 6.07) is 11.6. The van der Waals surface area contributed by atoms with E-state index in [0.717, 1.165) is 5.56 Å². The molecule has 3 rings (SSSR count). The maximum absolute atomic E-state index is 12.8. The van der Waals surface area contributed by atoms with Crippen molar-refractivity contribution in [3.8, 4) is 5.75 Å². The standard InChI is InChI=1S/C22H26N2O5S/c1-15-7-8-16(2)21(13-15)30(27,28)23-19-9-11-24(12-10-19)22(26)18-5-4-6-20(14-18)29-17(3)25/h4-8,13-14,19,23H,9-12H2,1-3H3. The number of carbonyl (C=O) groups is 2. The first-order valence-corrected chi connectivity index (χ1v) is 11.3. The summed E-state index contributed by atoms with van der Waals surface area (Å²) < 4.78 is 33.4. The van der Waals surface area contributed by atoms with Crippen LogP contribution in [0.4, 0.5) is 0 Å². The number of amides is 1. The Morgan fingerprint density at radius 2 is 1.77 bits per heavy atom. The molecule has 1 aliphatic rings. The third-order valence-corrected chi connectivity index (χ3v) is 6.74. The summed E-state index contributed by atoms with van der Waals surface area (Å²) in [5, 5.41) is 0. The van der Waals surface area contributed by atoms with Crippen molar-refractivity contribution in [1.29, 1.82) is 0 Å². The van der Waals surface area contributed by atoms with E-state index in [-0.39, 0.29) is 11.9 Å². The van der Waals surface area contributed by atoms with Crippen LogP contribution < -0.4 is 9.46 Å². The molecule has 0 aliphatic carbocycles. The van der Waals surface area contributed by atoms with E-state index >= 15 is 0 Å². The lowest BCUT2D eigenvalue weighted by molar-refractivity contribution is -0.131. The number of sulfonamides is 1. The Balaban J connectivity index is 1.63. The maximum Gasteiger partial charge on any atom is 0.308 e. The smallest absolute Gasteiger partial charge is 0.308 e. The molecule has 0 spiro atoms. The van der Waals surface area contributed by atoms with Crippen molar-refractivity contribution in [3.63, 3.8) is 0 Å². The Bertz CT molecular complexity index is 1060. The van der Waals surface area contributed by atoms with Gasteiger partial charge in [-0.05, 0) is 62.1 Å². The summed E-state index contributed by atoms with van der Waals surface area (Å²) in [4.78, 5) is 25.9. The first-order valence-electron chi connectivity index (χ1n) is 9.83. The van der Waals surface area contributed by atoms with E-state index in [4.69, 9.17) is 4.74 Å². The molecule has 7 nitrogen and oxygen atoms in total. The van der Waals surface area contributed by atoms with Crippen LogP contribution in [0.25, 0.3) is 0 Å². The Kier molecular flexibility index (Phi) is 6.58. The highest BCUT2D eigenvalue weighted by Crippen LogP contribution is 2.21. The molecular weight excluding hydrogens is 404 g/mol. The Morgan fingerprint density at radius 3 is 2.43 bits per heavy atom. The Morgan fingerprint density at radius 1 is 1.07 bits per heavy atom. The summed E-state index contributed by atoms with van der Waals surface area (Å²) in [6.07, 6.45) is 1.05. The lowest BCUT2D eigenvalue weighted by Crippen LogP contribution is -2.46. The van der Waals surface area contributed by atoms with Gasteiger partial charge in [-0.1, -0.05) is 18.2 Å². The fraction of sp³-hybridized carbons (Fsp3) is 0.364. The minimum absolute atomic E-state index is 0.167. The molecule has 1 heterocycles. The van der Waals surface area contributed by atoms with Gasteiger partial charge in [0.25, 0.3) is 5.91 Å². The van der Waals surface area contributed by atoms with Crippen LogP contribution in [0.2, 0.25) is 0 Å². The van der Waals surface area contributed by atoms with E-state index in [2.05, 4.69) is 4.72 Å². The van der Waals surface area contributed by atoms with Gasteiger partial charge in [0.2, 0.25) is 10.0 Å². The molecule has 0 atom stereocenters. The zero-order chi connectivity index (χ0) is 21.9. The van der Waals surface area contributed by atoms with E-state index in [9.17, 15) is 18.0 Å². The quantitative estimate of drug-likeness (QED) is 0.582. The van der Waals surface area contributed by atoms with Crippen LogP contribution in [0.3, 0.4) is 0 Å². The van der Waals surface area contributed by atoms with Crippen LogP contribution >= 0.6 is 0 Å². The number of hydrogen-bond acceptors (Lipinski definition) is 5. The lowest BCUT2D eigenvalue weighted by Gasteiger charge is -2.32. The first kappa shape index (κ1) is 22.0. The van der Waals surface area contributed by atoms with Crippen LogP contribution in [0.1, 0.15) is 41.3 Å². The van der Waals surface area contributed by atoms with Gasteiger partial charge in [-0.3, -0.25) is 9.59 Å². The summed E-state index contributed by atoms with van der Waals surface area (Å²) in [6.45, 7) is 5.82. The van der Waals surface area contributed by atoms with Crippen LogP contribution in [0, 0.1) is 13.8 Å². The summed E-state index contributed by atoms with van der Waals surface area (Å²) in [7, 11) is -3.62. The first-order chi connectivity index (χ1) is 14.2. The number of ether oxygens (including phenoxy) is 1. The van der Waals surface area contributed by atoms with E-state index in [1.807, 2.05) is 13.0 Å². The van der Waals surface area contributed by atoms with E-state index in [0.29, 0.717) is 47.7 Å². The fourth-order valence-electron chi connectivity index (χ4n) is 3.52. The number of benzene rings is 2. The van der Waals surface area contributed by atoms with Crippen molar-refractivity contribution in [2.24, 2.45) is 0 Å². The van der Waals surface area contributed by atoms with Crippen LogP contribution in [-0.4, -0.2) is 44.3 Å². The van der Waals surface area contributed by atoms with Gasteiger partial charge in [-0.2, -0.15) is 0 Å². The van der Waals surface area contributed by atoms with Gasteiger partial charge in [0, 0.05) is 31.6 Å². The molecule has 8 heteroatoms. The van der Waals surface area contributed by atoms with Gasteiger partial charge >= 0.3 is 5.97 Å². The van der Waals surface area contributed by atoms with Crippen molar-refractivity contribution in [3.05, 3.63) is 59.2 Å². The molecule has 30 heavy (non-hydrogen) atoms. The lowest BCUT2D eigenvalue weighted by atomic mass is 10.0. The van der Waals surface area contributed by atoms with Crippen molar-refractivity contribution < 1.29 is 22.7 Å². The molecule has 1 amide bonds. The molecule has 0 saturated carbocycles. The summed E-state index contributed by atoms with van der Waals surface area (Å²) >= 11 is 0. The molecule has 2 aromatic rings. The van der Waals surface area contributed by atoms with Crippen molar-refractivity contribution >= 4 is 21.9 Å². The largest absolute Gasteiger partial charge is 0.427 e. The fourth-order valence-corrected chi connectivity index (χ4v) is 5.16. The van der Waals surface area contributed by atoms with Crippen LogP contribution in [0.5, 0.6) is 5.75 Å². The molecule has 1 fully saturated rings. The summed E-state index contributed by atoms with van der Waals surface area (Å²) in [5.74, 6) is -0.291. The van der Waals surface area contributed by atoms with Crippen molar-refractivity contribution in [1.82, 2.24) is 9.62 Å². The number of nitrogens with one attached hydrogen (secondary N) is 1. The Labute approximate surface area is 177 Å². The van der Waals surface area contributed by atoms with E-state index < -0.39 is 16.0 Å². The minimum atomic E-state index is -3.62. The second-order valence-corrected chi connectivity index (χ2v) is 9.26. The van der Waals surface area contributed by atoms with Crippen LogP contribution in [0.15, 0.2) is 47.4 Å². The SMILES string of the molecule is CC(=O)Oc1cccc(C(=O)N2CCC(NS(=O)(=O)c3cc(C)ccc3C)CC2)c1. The molecular formula is C22H26N2O5S. The average Bonchev–Trinajstić information content (AvgIpc) is 2.69. The van der Waals surface area contributed by atoms with Crippen LogP contribution in [-0.2, 0) is 14.8 Å². The zero-order valence-electron chi connectivity index (χ0n) is 17.3.